The zero-order valence-corrected chi connectivity index (χ0v) is 12.2. The molecule has 2 aromatic carbocycles. The molecule has 2 aromatic rings. The Bertz CT molecular complexity index is 569. The van der Waals surface area contributed by atoms with Crippen molar-refractivity contribution in [2.45, 2.75) is 6.54 Å². The topological polar surface area (TPSA) is 12.0 Å². The van der Waals surface area contributed by atoms with Crippen LogP contribution in [0.2, 0.25) is 20.1 Å². The predicted octanol–water partition coefficient (Wildman–Crippen LogP) is 5.91. The van der Waals surface area contributed by atoms with Crippen LogP contribution in [-0.4, -0.2) is 0 Å². The van der Waals surface area contributed by atoms with Crippen LogP contribution in [0, 0.1) is 0 Å². The molecule has 0 heterocycles. The molecule has 0 saturated carbocycles. The van der Waals surface area contributed by atoms with E-state index in [1.165, 1.54) is 0 Å². The second kappa shape index (κ2) is 6.03. The Balaban J connectivity index is 2.11. The predicted molar refractivity (Wildman–Crippen MR) is 80.3 cm³/mol. The lowest BCUT2D eigenvalue weighted by Crippen LogP contribution is -1.99. The third kappa shape index (κ3) is 3.46. The summed E-state index contributed by atoms with van der Waals surface area (Å²) in [6, 6.07) is 10.8. The molecule has 18 heavy (non-hydrogen) atoms. The zero-order chi connectivity index (χ0) is 13.1. The summed E-state index contributed by atoms with van der Waals surface area (Å²) >= 11 is 23.8. The van der Waals surface area contributed by atoms with Crippen molar-refractivity contribution in [2.75, 3.05) is 5.32 Å². The molecule has 0 aliphatic rings. The van der Waals surface area contributed by atoms with E-state index >= 15 is 0 Å². The lowest BCUT2D eigenvalue weighted by molar-refractivity contribution is 1.15. The summed E-state index contributed by atoms with van der Waals surface area (Å²) < 4.78 is 0. The van der Waals surface area contributed by atoms with E-state index in [-0.39, 0.29) is 0 Å². The van der Waals surface area contributed by atoms with Gasteiger partial charge >= 0.3 is 0 Å². The zero-order valence-electron chi connectivity index (χ0n) is 9.18. The Kier molecular flexibility index (Phi) is 4.63. The van der Waals surface area contributed by atoms with Crippen molar-refractivity contribution in [2.24, 2.45) is 0 Å². The number of rotatable bonds is 3. The van der Waals surface area contributed by atoms with Gasteiger partial charge < -0.3 is 5.32 Å². The molecule has 1 nitrogen and oxygen atoms in total. The van der Waals surface area contributed by atoms with Gasteiger partial charge in [0.15, 0.2) is 0 Å². The number of hydrogen-bond acceptors (Lipinski definition) is 1. The number of anilines is 1. The molecule has 1 N–H and O–H groups in total. The fraction of sp³-hybridized carbons (Fsp3) is 0.0769. The lowest BCUT2D eigenvalue weighted by atomic mass is 10.2. The second-order valence-corrected chi connectivity index (χ2v) is 5.38. The van der Waals surface area contributed by atoms with E-state index < -0.39 is 0 Å². The van der Waals surface area contributed by atoms with Crippen LogP contribution in [0.5, 0.6) is 0 Å². The van der Waals surface area contributed by atoms with Gasteiger partial charge in [-0.2, -0.15) is 0 Å². The standard InChI is InChI=1S/C13H9Cl4N/c14-9-2-4-11(16)13(6-9)18-7-8-1-3-10(15)12(17)5-8/h1-6,18H,7H2. The van der Waals surface area contributed by atoms with E-state index in [1.807, 2.05) is 12.1 Å². The number of benzene rings is 2. The number of nitrogens with one attached hydrogen (secondary N) is 1. The smallest absolute Gasteiger partial charge is 0.0638 e. The first-order chi connectivity index (χ1) is 8.56. The van der Waals surface area contributed by atoms with Gasteiger partial charge in [0, 0.05) is 11.6 Å². The molecule has 5 heteroatoms. The summed E-state index contributed by atoms with van der Waals surface area (Å²) in [6.45, 7) is 0.594. The van der Waals surface area contributed by atoms with Crippen molar-refractivity contribution in [1.29, 1.82) is 0 Å². The Morgan fingerprint density at radius 2 is 1.50 bits per heavy atom. The average Bonchev–Trinajstić information content (AvgIpc) is 2.34. The highest BCUT2D eigenvalue weighted by Crippen LogP contribution is 2.27. The Labute approximate surface area is 126 Å². The van der Waals surface area contributed by atoms with E-state index in [0.29, 0.717) is 26.6 Å². The third-order valence-corrected chi connectivity index (χ3v) is 3.70. The minimum atomic E-state index is 0.535. The minimum Gasteiger partial charge on any atom is -0.380 e. The molecular formula is C13H9Cl4N. The van der Waals surface area contributed by atoms with Crippen LogP contribution in [0.3, 0.4) is 0 Å². The van der Waals surface area contributed by atoms with Crippen molar-refractivity contribution < 1.29 is 0 Å². The molecular weight excluding hydrogens is 312 g/mol. The van der Waals surface area contributed by atoms with Crippen molar-refractivity contribution in [3.8, 4) is 0 Å². The fourth-order valence-corrected chi connectivity index (χ4v) is 2.16. The largest absolute Gasteiger partial charge is 0.380 e. The molecule has 0 aliphatic carbocycles. The third-order valence-electron chi connectivity index (χ3n) is 2.40. The van der Waals surface area contributed by atoms with E-state index in [4.69, 9.17) is 46.4 Å². The molecule has 0 fully saturated rings. The normalized spacial score (nSPS) is 10.4. The minimum absolute atomic E-state index is 0.535. The molecule has 0 saturated heterocycles. The first-order valence-electron chi connectivity index (χ1n) is 5.19. The van der Waals surface area contributed by atoms with Crippen LogP contribution in [0.25, 0.3) is 0 Å². The Morgan fingerprint density at radius 1 is 0.778 bits per heavy atom. The highest BCUT2D eigenvalue weighted by atomic mass is 35.5. The maximum Gasteiger partial charge on any atom is 0.0638 e. The van der Waals surface area contributed by atoms with Crippen LogP contribution >= 0.6 is 46.4 Å². The Hall–Kier alpha value is -0.600. The molecule has 0 aliphatic heterocycles. The highest BCUT2D eigenvalue weighted by molar-refractivity contribution is 6.42. The molecule has 0 spiro atoms. The maximum absolute atomic E-state index is 6.05. The van der Waals surface area contributed by atoms with Crippen molar-refractivity contribution in [3.63, 3.8) is 0 Å². The summed E-state index contributed by atoms with van der Waals surface area (Å²) in [6.07, 6.45) is 0. The van der Waals surface area contributed by atoms with Gasteiger partial charge in [0.05, 0.1) is 20.8 Å². The first kappa shape index (κ1) is 13.8. The van der Waals surface area contributed by atoms with Crippen molar-refractivity contribution in [3.05, 3.63) is 62.1 Å². The Morgan fingerprint density at radius 3 is 2.22 bits per heavy atom. The SMILES string of the molecule is Clc1ccc(Cl)c(NCc2ccc(Cl)c(Cl)c2)c1. The molecule has 0 bridgehead atoms. The number of halogens is 4. The van der Waals surface area contributed by atoms with E-state index in [0.717, 1.165) is 11.3 Å². The van der Waals surface area contributed by atoms with Gasteiger partial charge in [-0.3, -0.25) is 0 Å². The molecule has 0 amide bonds. The summed E-state index contributed by atoms with van der Waals surface area (Å²) in [5.41, 5.74) is 1.80. The maximum atomic E-state index is 6.05. The van der Waals surface area contributed by atoms with E-state index in [1.54, 1.807) is 24.3 Å². The quantitative estimate of drug-likeness (QED) is 0.741. The fourth-order valence-electron chi connectivity index (χ4n) is 1.48. The van der Waals surface area contributed by atoms with Crippen LogP contribution in [0.15, 0.2) is 36.4 Å². The first-order valence-corrected chi connectivity index (χ1v) is 6.70. The summed E-state index contributed by atoms with van der Waals surface area (Å²) in [7, 11) is 0. The van der Waals surface area contributed by atoms with Crippen LogP contribution < -0.4 is 5.32 Å². The van der Waals surface area contributed by atoms with E-state index in [9.17, 15) is 0 Å². The van der Waals surface area contributed by atoms with Gasteiger partial charge in [0.1, 0.15) is 0 Å². The van der Waals surface area contributed by atoms with Crippen molar-refractivity contribution >= 4 is 52.1 Å². The lowest BCUT2D eigenvalue weighted by Gasteiger charge is -2.09. The molecule has 94 valence electrons. The molecule has 2 rings (SSSR count). The van der Waals surface area contributed by atoms with Crippen LogP contribution in [0.4, 0.5) is 5.69 Å². The number of hydrogen-bond donors (Lipinski definition) is 1. The molecule has 0 aromatic heterocycles. The molecule has 0 unspecified atom stereocenters. The monoisotopic (exact) mass is 319 g/mol. The summed E-state index contributed by atoms with van der Waals surface area (Å²) in [5.74, 6) is 0. The molecule has 0 atom stereocenters. The highest BCUT2D eigenvalue weighted by Gasteiger charge is 2.03. The molecule has 0 radical (unpaired) electrons. The summed E-state index contributed by atoms with van der Waals surface area (Å²) in [4.78, 5) is 0. The van der Waals surface area contributed by atoms with Crippen molar-refractivity contribution in [1.82, 2.24) is 0 Å². The van der Waals surface area contributed by atoms with Crippen LogP contribution in [0.1, 0.15) is 5.56 Å². The van der Waals surface area contributed by atoms with Gasteiger partial charge in [-0.1, -0.05) is 52.5 Å². The second-order valence-electron chi connectivity index (χ2n) is 3.73. The van der Waals surface area contributed by atoms with Gasteiger partial charge in [-0.15, -0.1) is 0 Å². The van der Waals surface area contributed by atoms with Crippen LogP contribution in [-0.2, 0) is 6.54 Å². The van der Waals surface area contributed by atoms with Gasteiger partial charge in [-0.05, 0) is 35.9 Å². The average molecular weight is 321 g/mol. The van der Waals surface area contributed by atoms with Gasteiger partial charge in [-0.25, -0.2) is 0 Å². The van der Waals surface area contributed by atoms with Gasteiger partial charge in [0.2, 0.25) is 0 Å². The van der Waals surface area contributed by atoms with E-state index in [2.05, 4.69) is 5.32 Å². The van der Waals surface area contributed by atoms with Gasteiger partial charge in [0.25, 0.3) is 0 Å². The summed E-state index contributed by atoms with van der Waals surface area (Å²) in [5, 5.41) is 5.54.